The fraction of sp³-hybridized carbons (Fsp3) is 0.484. The number of rotatable bonds is 9. The third-order valence-corrected chi connectivity index (χ3v) is 7.09. The summed E-state index contributed by atoms with van der Waals surface area (Å²) in [5, 5.41) is 9.83. The van der Waals surface area contributed by atoms with Crippen LogP contribution in [0.4, 0.5) is 4.79 Å². The first-order valence-corrected chi connectivity index (χ1v) is 13.7. The molecule has 0 spiro atoms. The summed E-state index contributed by atoms with van der Waals surface area (Å²) < 4.78 is 17.5. The Balaban J connectivity index is 1.43. The lowest BCUT2D eigenvalue weighted by Crippen LogP contribution is -2.50. The summed E-state index contributed by atoms with van der Waals surface area (Å²) >= 11 is 0. The largest absolute Gasteiger partial charge is 0.444 e. The first-order valence-electron chi connectivity index (χ1n) is 13.7. The van der Waals surface area contributed by atoms with Crippen molar-refractivity contribution in [3.05, 3.63) is 58.6 Å². The summed E-state index contributed by atoms with van der Waals surface area (Å²) in [6.07, 6.45) is 2.32. The fourth-order valence-electron chi connectivity index (χ4n) is 5.10. The van der Waals surface area contributed by atoms with Gasteiger partial charge in [0.15, 0.2) is 11.4 Å². The van der Waals surface area contributed by atoms with E-state index in [9.17, 15) is 19.6 Å². The molecular weight excluding hydrogens is 510 g/mol. The second kappa shape index (κ2) is 12.5. The number of ketones is 1. The zero-order valence-electron chi connectivity index (χ0n) is 23.6. The summed E-state index contributed by atoms with van der Waals surface area (Å²) in [6, 6.07) is 15.2. The summed E-state index contributed by atoms with van der Waals surface area (Å²) in [4.78, 5) is 39.7. The molecule has 2 heterocycles. The van der Waals surface area contributed by atoms with Gasteiger partial charge in [-0.25, -0.2) is 9.59 Å². The Bertz CT molecular complexity index is 1440. The summed E-state index contributed by atoms with van der Waals surface area (Å²) in [7, 11) is 1.59. The van der Waals surface area contributed by atoms with Gasteiger partial charge in [0.2, 0.25) is 0 Å². The summed E-state index contributed by atoms with van der Waals surface area (Å²) in [6.45, 7) is 6.70. The van der Waals surface area contributed by atoms with E-state index in [0.717, 1.165) is 29.5 Å². The highest BCUT2D eigenvalue weighted by Gasteiger charge is 2.35. The predicted molar refractivity (Wildman–Crippen MR) is 151 cm³/mol. The number of nitrogens with zero attached hydrogens (tertiary/aromatic N) is 3. The van der Waals surface area contributed by atoms with Crippen LogP contribution in [-0.4, -0.2) is 53.2 Å². The van der Waals surface area contributed by atoms with Crippen molar-refractivity contribution < 1.29 is 23.5 Å². The van der Waals surface area contributed by atoms with Gasteiger partial charge in [0.05, 0.1) is 36.7 Å². The molecule has 212 valence electrons. The predicted octanol–water partition coefficient (Wildman–Crippen LogP) is 5.34. The van der Waals surface area contributed by atoms with Gasteiger partial charge in [-0.15, -0.1) is 0 Å². The quantitative estimate of drug-likeness (QED) is 0.355. The Labute approximate surface area is 234 Å². The van der Waals surface area contributed by atoms with Crippen molar-refractivity contribution in [3.8, 4) is 17.2 Å². The van der Waals surface area contributed by atoms with E-state index >= 15 is 0 Å². The molecule has 1 amide bonds. The smallest absolute Gasteiger partial charge is 0.420 e. The van der Waals surface area contributed by atoms with Gasteiger partial charge in [0.25, 0.3) is 0 Å². The molecular formula is C31H37N3O6. The number of hydrogen-bond acceptors (Lipinski definition) is 7. The number of nitriles is 1. The molecule has 1 aliphatic rings. The molecule has 9 heteroatoms. The van der Waals surface area contributed by atoms with Crippen LogP contribution in [0, 0.1) is 17.2 Å². The topological polar surface area (TPSA) is 115 Å². The summed E-state index contributed by atoms with van der Waals surface area (Å²) in [5.74, 6) is -1.01. The molecule has 40 heavy (non-hydrogen) atoms. The second-order valence-corrected chi connectivity index (χ2v) is 11.3. The van der Waals surface area contributed by atoms with Crippen molar-refractivity contribution in [1.82, 2.24) is 9.47 Å². The molecule has 9 nitrogen and oxygen atoms in total. The second-order valence-electron chi connectivity index (χ2n) is 11.3. The van der Waals surface area contributed by atoms with Gasteiger partial charge >= 0.3 is 11.8 Å². The number of benzene rings is 2. The van der Waals surface area contributed by atoms with Crippen LogP contribution in [0.1, 0.15) is 52.0 Å². The fourth-order valence-corrected chi connectivity index (χ4v) is 5.10. The highest BCUT2D eigenvalue weighted by atomic mass is 16.6. The molecule has 1 aliphatic heterocycles. The maximum Gasteiger partial charge on any atom is 0.420 e. The average molecular weight is 548 g/mol. The van der Waals surface area contributed by atoms with E-state index in [1.165, 1.54) is 4.90 Å². The first kappa shape index (κ1) is 29.1. The van der Waals surface area contributed by atoms with Gasteiger partial charge in [0, 0.05) is 20.1 Å². The van der Waals surface area contributed by atoms with Gasteiger partial charge in [0.1, 0.15) is 5.60 Å². The Kier molecular flexibility index (Phi) is 9.10. The number of piperidine rings is 1. The van der Waals surface area contributed by atoms with Gasteiger partial charge in [-0.2, -0.15) is 5.26 Å². The number of Topliss-reactive ketones (excluding diaryl/α,β-unsaturated/α-hetero) is 1. The molecule has 1 aromatic heterocycles. The number of amides is 1. The molecule has 0 radical (unpaired) electrons. The molecule has 0 bridgehead atoms. The Morgan fingerprint density at radius 2 is 1.85 bits per heavy atom. The minimum atomic E-state index is -0.641. The number of aromatic nitrogens is 1. The zero-order valence-corrected chi connectivity index (χ0v) is 23.6. The van der Waals surface area contributed by atoms with Crippen LogP contribution in [0.25, 0.3) is 22.2 Å². The van der Waals surface area contributed by atoms with Crippen molar-refractivity contribution in [2.45, 2.75) is 71.1 Å². The van der Waals surface area contributed by atoms with Crippen LogP contribution in [0.2, 0.25) is 0 Å². The van der Waals surface area contributed by atoms with Crippen molar-refractivity contribution in [1.29, 1.82) is 5.26 Å². The van der Waals surface area contributed by atoms with E-state index in [1.54, 1.807) is 38.5 Å². The van der Waals surface area contributed by atoms with Crippen molar-refractivity contribution in [3.63, 3.8) is 0 Å². The van der Waals surface area contributed by atoms with E-state index in [-0.39, 0.29) is 12.2 Å². The number of fused-ring (bicyclic) bond motifs is 1. The lowest BCUT2D eigenvalue weighted by Gasteiger charge is -2.36. The third kappa shape index (κ3) is 6.99. The number of carbonyl (C=O) groups excluding carboxylic acids is 2. The number of carbonyl (C=O) groups is 2. The highest BCUT2D eigenvalue weighted by Crippen LogP contribution is 2.27. The number of hydrogen-bond donors (Lipinski definition) is 0. The zero-order chi connectivity index (χ0) is 28.9. The molecule has 0 N–H and O–H groups in total. The minimum absolute atomic E-state index is 0.0817. The lowest BCUT2D eigenvalue weighted by molar-refractivity contribution is -0.126. The molecule has 2 aromatic carbocycles. The van der Waals surface area contributed by atoms with Gasteiger partial charge < -0.3 is 13.9 Å². The van der Waals surface area contributed by atoms with E-state index in [1.807, 2.05) is 36.4 Å². The SMILES string of the molecule is COCCn1c(=O)oc2ccc(-c3ccc(C[C@@H](C#N)CC(=O)[C@@H]4CCCCN4C(=O)OC(C)(C)C)cc3)cc21. The molecule has 2 atom stereocenters. The van der Waals surface area contributed by atoms with Crippen molar-refractivity contribution in [2.75, 3.05) is 20.3 Å². The molecule has 3 aromatic rings. The Morgan fingerprint density at radius 1 is 1.12 bits per heavy atom. The minimum Gasteiger partial charge on any atom is -0.444 e. The average Bonchev–Trinajstić information content (AvgIpc) is 3.24. The molecule has 4 rings (SSSR count). The van der Waals surface area contributed by atoms with Crippen molar-refractivity contribution >= 4 is 23.0 Å². The van der Waals surface area contributed by atoms with Crippen LogP contribution in [0.5, 0.6) is 0 Å². The van der Waals surface area contributed by atoms with E-state index in [0.29, 0.717) is 43.6 Å². The van der Waals surface area contributed by atoms with Gasteiger partial charge in [-0.05, 0) is 75.3 Å². The highest BCUT2D eigenvalue weighted by molar-refractivity contribution is 5.88. The standard InChI is InChI=1S/C31H37N3O6/c1-31(2,3)40-30(37)33-14-6-5-7-25(33)27(35)18-22(20-32)17-21-8-10-23(11-9-21)24-12-13-28-26(19-24)34(15-16-38-4)29(36)39-28/h8-13,19,22,25H,5-7,14-18H2,1-4H3/t22-,25+/m1/s1. The third-order valence-electron chi connectivity index (χ3n) is 7.09. The number of methoxy groups -OCH3 is 1. The molecule has 1 saturated heterocycles. The Hall–Kier alpha value is -3.90. The summed E-state index contributed by atoms with van der Waals surface area (Å²) in [5.41, 5.74) is 3.41. The number of ether oxygens (including phenoxy) is 2. The molecule has 1 fully saturated rings. The maximum atomic E-state index is 13.2. The molecule has 0 aliphatic carbocycles. The maximum absolute atomic E-state index is 13.2. The normalized spacial score (nSPS) is 16.5. The first-order chi connectivity index (χ1) is 19.1. The number of likely N-dealkylation sites (tertiary alicyclic amines) is 1. The molecule has 0 unspecified atom stereocenters. The molecule has 0 saturated carbocycles. The van der Waals surface area contributed by atoms with Crippen LogP contribution in [0.15, 0.2) is 51.7 Å². The van der Waals surface area contributed by atoms with E-state index in [2.05, 4.69) is 6.07 Å². The lowest BCUT2D eigenvalue weighted by atomic mass is 9.89. The van der Waals surface area contributed by atoms with Crippen LogP contribution < -0.4 is 5.76 Å². The van der Waals surface area contributed by atoms with Gasteiger partial charge in [-0.1, -0.05) is 30.3 Å². The van der Waals surface area contributed by atoms with Gasteiger partial charge in [-0.3, -0.25) is 14.3 Å². The number of oxazole rings is 1. The van der Waals surface area contributed by atoms with Crippen molar-refractivity contribution in [2.24, 2.45) is 5.92 Å². The monoisotopic (exact) mass is 547 g/mol. The Morgan fingerprint density at radius 3 is 2.52 bits per heavy atom. The van der Waals surface area contributed by atoms with E-state index < -0.39 is 29.4 Å². The van der Waals surface area contributed by atoms with Crippen LogP contribution in [-0.2, 0) is 27.2 Å². The van der Waals surface area contributed by atoms with Crippen LogP contribution >= 0.6 is 0 Å². The van der Waals surface area contributed by atoms with E-state index in [4.69, 9.17) is 13.9 Å². The van der Waals surface area contributed by atoms with Crippen LogP contribution in [0.3, 0.4) is 0 Å².